The Morgan fingerprint density at radius 2 is 2.05 bits per heavy atom. The van der Waals surface area contributed by atoms with Gasteiger partial charge in [-0.25, -0.2) is 13.8 Å². The number of aromatic nitrogens is 1. The van der Waals surface area contributed by atoms with E-state index in [-0.39, 0.29) is 5.56 Å². The number of nitrogens with zero attached hydrogens (tertiary/aromatic N) is 1. The topological polar surface area (TPSA) is 34.1 Å². The second-order valence-electron chi connectivity index (χ2n) is 5.07. The molecular formula is C15H16F2N2OS. The van der Waals surface area contributed by atoms with Crippen molar-refractivity contribution in [3.8, 4) is 10.6 Å². The molecule has 1 fully saturated rings. The fourth-order valence-corrected chi connectivity index (χ4v) is 3.17. The SMILES string of the molecule is COCc1nc(-c2c(F)cccc2F)sc1CNC1CC1. The zero-order valence-electron chi connectivity index (χ0n) is 11.7. The zero-order chi connectivity index (χ0) is 14.8. The summed E-state index contributed by atoms with van der Waals surface area (Å²) in [6, 6.07) is 4.42. The maximum absolute atomic E-state index is 13.9. The summed E-state index contributed by atoms with van der Waals surface area (Å²) in [5.74, 6) is -1.18. The van der Waals surface area contributed by atoms with E-state index in [2.05, 4.69) is 10.3 Å². The predicted octanol–water partition coefficient (Wildman–Crippen LogP) is 3.49. The van der Waals surface area contributed by atoms with Crippen LogP contribution < -0.4 is 5.32 Å². The lowest BCUT2D eigenvalue weighted by atomic mass is 10.2. The second-order valence-corrected chi connectivity index (χ2v) is 6.16. The molecule has 112 valence electrons. The van der Waals surface area contributed by atoms with Gasteiger partial charge in [0.2, 0.25) is 0 Å². The molecule has 0 spiro atoms. The summed E-state index contributed by atoms with van der Waals surface area (Å²) in [6.07, 6.45) is 2.38. The van der Waals surface area contributed by atoms with E-state index >= 15 is 0 Å². The lowest BCUT2D eigenvalue weighted by Gasteiger charge is -2.02. The minimum atomic E-state index is -0.589. The highest BCUT2D eigenvalue weighted by molar-refractivity contribution is 7.15. The quantitative estimate of drug-likeness (QED) is 0.887. The van der Waals surface area contributed by atoms with Gasteiger partial charge in [0.15, 0.2) is 0 Å². The van der Waals surface area contributed by atoms with Gasteiger partial charge in [-0.1, -0.05) is 6.07 Å². The molecule has 2 aromatic rings. The molecule has 21 heavy (non-hydrogen) atoms. The van der Waals surface area contributed by atoms with E-state index < -0.39 is 11.6 Å². The first kappa shape index (κ1) is 14.6. The normalized spacial score (nSPS) is 14.6. The highest BCUT2D eigenvalue weighted by atomic mass is 32.1. The maximum Gasteiger partial charge on any atom is 0.136 e. The molecule has 0 amide bonds. The number of halogens is 2. The van der Waals surface area contributed by atoms with Crippen molar-refractivity contribution in [1.82, 2.24) is 10.3 Å². The van der Waals surface area contributed by atoms with Gasteiger partial charge in [-0.3, -0.25) is 0 Å². The Labute approximate surface area is 126 Å². The number of hydrogen-bond acceptors (Lipinski definition) is 4. The number of rotatable bonds is 6. The zero-order valence-corrected chi connectivity index (χ0v) is 12.5. The first-order valence-electron chi connectivity index (χ1n) is 6.84. The Hall–Kier alpha value is -1.37. The summed E-state index contributed by atoms with van der Waals surface area (Å²) in [5.41, 5.74) is 0.686. The smallest absolute Gasteiger partial charge is 0.136 e. The van der Waals surface area contributed by atoms with Gasteiger partial charge in [-0.2, -0.15) is 0 Å². The fourth-order valence-electron chi connectivity index (χ4n) is 2.10. The molecule has 6 heteroatoms. The average molecular weight is 310 g/mol. The maximum atomic E-state index is 13.9. The Bertz CT molecular complexity index is 620. The number of thiazole rings is 1. The Balaban J connectivity index is 1.92. The monoisotopic (exact) mass is 310 g/mol. The third-order valence-corrected chi connectivity index (χ3v) is 4.48. The highest BCUT2D eigenvalue weighted by Crippen LogP contribution is 2.32. The van der Waals surface area contributed by atoms with Crippen LogP contribution in [-0.2, 0) is 17.9 Å². The van der Waals surface area contributed by atoms with Crippen molar-refractivity contribution in [3.63, 3.8) is 0 Å². The van der Waals surface area contributed by atoms with Gasteiger partial charge in [0.05, 0.1) is 17.9 Å². The van der Waals surface area contributed by atoms with Crippen LogP contribution in [0.1, 0.15) is 23.4 Å². The molecule has 0 atom stereocenters. The van der Waals surface area contributed by atoms with E-state index in [1.54, 1.807) is 7.11 Å². The minimum Gasteiger partial charge on any atom is -0.378 e. The van der Waals surface area contributed by atoms with E-state index in [0.29, 0.717) is 24.2 Å². The van der Waals surface area contributed by atoms with Crippen LogP contribution in [0, 0.1) is 11.6 Å². The molecular weight excluding hydrogens is 294 g/mol. The molecule has 0 bridgehead atoms. The molecule has 0 saturated heterocycles. The molecule has 1 aromatic carbocycles. The van der Waals surface area contributed by atoms with Crippen molar-refractivity contribution >= 4 is 11.3 Å². The molecule has 1 aromatic heterocycles. The lowest BCUT2D eigenvalue weighted by molar-refractivity contribution is 0.181. The van der Waals surface area contributed by atoms with E-state index in [1.807, 2.05) is 0 Å². The van der Waals surface area contributed by atoms with Crippen molar-refractivity contribution < 1.29 is 13.5 Å². The molecule has 0 radical (unpaired) electrons. The first-order valence-corrected chi connectivity index (χ1v) is 7.66. The van der Waals surface area contributed by atoms with Gasteiger partial charge in [-0.05, 0) is 25.0 Å². The van der Waals surface area contributed by atoms with E-state index in [4.69, 9.17) is 4.74 Å². The van der Waals surface area contributed by atoms with Crippen molar-refractivity contribution in [3.05, 3.63) is 40.4 Å². The van der Waals surface area contributed by atoms with Gasteiger partial charge < -0.3 is 10.1 Å². The van der Waals surface area contributed by atoms with Crippen molar-refractivity contribution in [2.45, 2.75) is 32.0 Å². The van der Waals surface area contributed by atoms with Crippen LogP contribution in [0.3, 0.4) is 0 Å². The molecule has 3 nitrogen and oxygen atoms in total. The molecule has 1 aliphatic rings. The Kier molecular flexibility index (Phi) is 4.28. The van der Waals surface area contributed by atoms with Crippen LogP contribution in [0.4, 0.5) is 8.78 Å². The molecule has 3 rings (SSSR count). The summed E-state index contributed by atoms with van der Waals surface area (Å²) in [7, 11) is 1.58. The summed E-state index contributed by atoms with van der Waals surface area (Å²) < 4.78 is 32.9. The standard InChI is InChI=1S/C15H16F2N2OS/c1-20-8-12-13(7-18-9-5-6-9)21-15(19-12)14-10(16)3-2-4-11(14)17/h2-4,9,18H,5-8H2,1H3. The number of nitrogens with one attached hydrogen (secondary N) is 1. The van der Waals surface area contributed by atoms with Crippen LogP contribution in [-0.4, -0.2) is 18.1 Å². The van der Waals surface area contributed by atoms with Gasteiger partial charge in [-0.15, -0.1) is 11.3 Å². The van der Waals surface area contributed by atoms with E-state index in [0.717, 1.165) is 10.6 Å². The van der Waals surface area contributed by atoms with Crippen molar-refractivity contribution in [2.75, 3.05) is 7.11 Å². The number of ether oxygens (including phenoxy) is 1. The summed E-state index contributed by atoms with van der Waals surface area (Å²) in [6.45, 7) is 1.01. The third-order valence-electron chi connectivity index (χ3n) is 3.36. The number of methoxy groups -OCH3 is 1. The summed E-state index contributed by atoms with van der Waals surface area (Å²) >= 11 is 1.32. The van der Waals surface area contributed by atoms with E-state index in [1.165, 1.54) is 42.4 Å². The van der Waals surface area contributed by atoms with Crippen molar-refractivity contribution in [2.24, 2.45) is 0 Å². The molecule has 1 aliphatic carbocycles. The lowest BCUT2D eigenvalue weighted by Crippen LogP contribution is -2.15. The van der Waals surface area contributed by atoms with Gasteiger partial charge >= 0.3 is 0 Å². The molecule has 1 saturated carbocycles. The van der Waals surface area contributed by atoms with Crippen LogP contribution >= 0.6 is 11.3 Å². The number of hydrogen-bond donors (Lipinski definition) is 1. The van der Waals surface area contributed by atoms with Gasteiger partial charge in [0.25, 0.3) is 0 Å². The number of benzene rings is 1. The fraction of sp³-hybridized carbons (Fsp3) is 0.400. The van der Waals surface area contributed by atoms with Crippen molar-refractivity contribution in [1.29, 1.82) is 0 Å². The van der Waals surface area contributed by atoms with Crippen LogP contribution in [0.15, 0.2) is 18.2 Å². The predicted molar refractivity (Wildman–Crippen MR) is 78.0 cm³/mol. The largest absolute Gasteiger partial charge is 0.378 e. The Morgan fingerprint density at radius 1 is 1.33 bits per heavy atom. The third kappa shape index (κ3) is 3.28. The average Bonchev–Trinajstić information content (AvgIpc) is 3.19. The molecule has 1 heterocycles. The summed E-state index contributed by atoms with van der Waals surface area (Å²) in [5, 5.41) is 3.76. The second kappa shape index (κ2) is 6.17. The first-order chi connectivity index (χ1) is 10.2. The van der Waals surface area contributed by atoms with Crippen LogP contribution in [0.5, 0.6) is 0 Å². The van der Waals surface area contributed by atoms with Gasteiger partial charge in [0.1, 0.15) is 16.6 Å². The van der Waals surface area contributed by atoms with Crippen LogP contribution in [0.25, 0.3) is 10.6 Å². The molecule has 1 N–H and O–H groups in total. The summed E-state index contributed by atoms with van der Waals surface area (Å²) in [4.78, 5) is 5.34. The molecule has 0 aliphatic heterocycles. The van der Waals surface area contributed by atoms with Gasteiger partial charge in [0, 0.05) is 24.6 Å². The highest BCUT2D eigenvalue weighted by Gasteiger charge is 2.23. The van der Waals surface area contributed by atoms with E-state index in [9.17, 15) is 8.78 Å². The van der Waals surface area contributed by atoms with Crippen LogP contribution in [0.2, 0.25) is 0 Å². The minimum absolute atomic E-state index is 0.0578. The Morgan fingerprint density at radius 3 is 2.67 bits per heavy atom. The molecule has 0 unspecified atom stereocenters.